The highest BCUT2D eigenvalue weighted by atomic mass is 19.1. The number of ether oxygens (including phenoxy) is 1. The predicted molar refractivity (Wildman–Crippen MR) is 76.1 cm³/mol. The van der Waals surface area contributed by atoms with E-state index in [1.165, 1.54) is 12.1 Å². The van der Waals surface area contributed by atoms with Crippen molar-refractivity contribution in [1.29, 1.82) is 0 Å². The second-order valence-electron chi connectivity index (χ2n) is 6.64. The van der Waals surface area contributed by atoms with Gasteiger partial charge in [-0.05, 0) is 44.4 Å². The first-order chi connectivity index (χ1) is 9.65. The third-order valence-corrected chi connectivity index (χ3v) is 3.68. The van der Waals surface area contributed by atoms with E-state index in [-0.39, 0.29) is 17.9 Å². The van der Waals surface area contributed by atoms with E-state index in [0.29, 0.717) is 18.7 Å². The fraction of sp³-hybridized carbons (Fsp3) is 0.562. The molecule has 1 unspecified atom stereocenters. The number of likely N-dealkylation sites (tertiary alicyclic amines) is 1. The minimum atomic E-state index is -0.569. The van der Waals surface area contributed by atoms with Crippen LogP contribution in [0.4, 0.5) is 13.6 Å². The third-order valence-electron chi connectivity index (χ3n) is 3.68. The summed E-state index contributed by atoms with van der Waals surface area (Å²) >= 11 is 0. The maximum atomic E-state index is 13.2. The fourth-order valence-corrected chi connectivity index (χ4v) is 2.41. The molecule has 1 aromatic carbocycles. The molecular formula is C16H21F2NO2. The van der Waals surface area contributed by atoms with Gasteiger partial charge < -0.3 is 9.64 Å². The summed E-state index contributed by atoms with van der Waals surface area (Å²) in [4.78, 5) is 13.5. The van der Waals surface area contributed by atoms with E-state index < -0.39 is 17.2 Å². The highest BCUT2D eigenvalue weighted by Crippen LogP contribution is 2.33. The van der Waals surface area contributed by atoms with E-state index in [9.17, 15) is 13.6 Å². The summed E-state index contributed by atoms with van der Waals surface area (Å²) in [6.07, 6.45) is -0.337. The lowest BCUT2D eigenvalue weighted by atomic mass is 9.82. The molecule has 1 amide bonds. The van der Waals surface area contributed by atoms with Crippen molar-refractivity contribution in [3.63, 3.8) is 0 Å². The van der Waals surface area contributed by atoms with E-state index in [1.807, 2.05) is 27.7 Å². The first-order valence-electron chi connectivity index (χ1n) is 7.09. The SMILES string of the molecule is CC(c1cc(F)cc(F)c1)C1CN(C(=O)OC(C)(C)C)C1. The summed E-state index contributed by atoms with van der Waals surface area (Å²) in [6, 6.07) is 3.57. The fourth-order valence-electron chi connectivity index (χ4n) is 2.41. The third kappa shape index (κ3) is 3.93. The van der Waals surface area contributed by atoms with Gasteiger partial charge in [-0.1, -0.05) is 6.92 Å². The quantitative estimate of drug-likeness (QED) is 0.827. The number of rotatable bonds is 2. The largest absolute Gasteiger partial charge is 0.444 e. The van der Waals surface area contributed by atoms with Crippen molar-refractivity contribution in [2.24, 2.45) is 5.92 Å². The average molecular weight is 297 g/mol. The molecule has 116 valence electrons. The van der Waals surface area contributed by atoms with Crippen LogP contribution in [0.2, 0.25) is 0 Å². The lowest BCUT2D eigenvalue weighted by Crippen LogP contribution is -2.53. The second-order valence-corrected chi connectivity index (χ2v) is 6.64. The van der Waals surface area contributed by atoms with Crippen LogP contribution in [0, 0.1) is 17.6 Å². The number of amides is 1. The molecule has 0 aromatic heterocycles. The summed E-state index contributed by atoms with van der Waals surface area (Å²) in [5.41, 5.74) is 0.112. The maximum absolute atomic E-state index is 13.2. The van der Waals surface area contributed by atoms with Crippen LogP contribution >= 0.6 is 0 Å². The van der Waals surface area contributed by atoms with E-state index >= 15 is 0 Å². The van der Waals surface area contributed by atoms with Gasteiger partial charge in [0.25, 0.3) is 0 Å². The molecule has 1 aliphatic heterocycles. The molecule has 1 saturated heterocycles. The molecule has 1 atom stereocenters. The molecule has 0 spiro atoms. The Bertz CT molecular complexity index is 513. The van der Waals surface area contributed by atoms with Gasteiger partial charge in [-0.3, -0.25) is 0 Å². The minimum Gasteiger partial charge on any atom is -0.444 e. The summed E-state index contributed by atoms with van der Waals surface area (Å²) < 4.78 is 31.8. The van der Waals surface area contributed by atoms with Crippen LogP contribution in [0.3, 0.4) is 0 Å². The first-order valence-corrected chi connectivity index (χ1v) is 7.09. The molecule has 0 aliphatic carbocycles. The molecular weight excluding hydrogens is 276 g/mol. The molecule has 1 fully saturated rings. The van der Waals surface area contributed by atoms with Gasteiger partial charge >= 0.3 is 6.09 Å². The minimum absolute atomic E-state index is 0.00566. The van der Waals surface area contributed by atoms with Crippen molar-refractivity contribution in [1.82, 2.24) is 4.90 Å². The molecule has 3 nitrogen and oxygen atoms in total. The molecule has 2 rings (SSSR count). The normalized spacial score (nSPS) is 17.3. The average Bonchev–Trinajstić information content (AvgIpc) is 2.22. The van der Waals surface area contributed by atoms with Crippen LogP contribution in [0.5, 0.6) is 0 Å². The maximum Gasteiger partial charge on any atom is 0.410 e. The summed E-state index contributed by atoms with van der Waals surface area (Å²) in [5.74, 6) is -0.951. The zero-order valence-electron chi connectivity index (χ0n) is 12.8. The standard InChI is InChI=1S/C16H21F2NO2/c1-10(11-5-13(17)7-14(18)6-11)12-8-19(9-12)15(20)21-16(2,3)4/h5-7,10,12H,8-9H2,1-4H3. The van der Waals surface area contributed by atoms with E-state index in [2.05, 4.69) is 0 Å². The molecule has 1 aliphatic rings. The van der Waals surface area contributed by atoms with Crippen LogP contribution in [0.25, 0.3) is 0 Å². The van der Waals surface area contributed by atoms with Gasteiger partial charge in [-0.25, -0.2) is 13.6 Å². The Morgan fingerprint density at radius 3 is 2.24 bits per heavy atom. The topological polar surface area (TPSA) is 29.5 Å². The number of carbonyl (C=O) groups is 1. The molecule has 0 saturated carbocycles. The molecule has 1 heterocycles. The highest BCUT2D eigenvalue weighted by Gasteiger charge is 2.37. The van der Waals surface area contributed by atoms with Crippen molar-refractivity contribution in [3.05, 3.63) is 35.4 Å². The van der Waals surface area contributed by atoms with Crippen molar-refractivity contribution in [2.45, 2.75) is 39.2 Å². The van der Waals surface area contributed by atoms with Crippen LogP contribution in [-0.4, -0.2) is 29.7 Å². The molecule has 21 heavy (non-hydrogen) atoms. The Labute approximate surface area is 123 Å². The number of benzene rings is 1. The van der Waals surface area contributed by atoms with Crippen molar-refractivity contribution in [2.75, 3.05) is 13.1 Å². The smallest absolute Gasteiger partial charge is 0.410 e. The molecule has 0 radical (unpaired) electrons. The van der Waals surface area contributed by atoms with Gasteiger partial charge in [0, 0.05) is 25.1 Å². The Balaban J connectivity index is 1.93. The molecule has 1 aromatic rings. The second kappa shape index (κ2) is 5.62. The monoisotopic (exact) mass is 297 g/mol. The Kier molecular flexibility index (Phi) is 4.21. The van der Waals surface area contributed by atoms with Gasteiger partial charge in [-0.15, -0.1) is 0 Å². The Morgan fingerprint density at radius 1 is 1.24 bits per heavy atom. The van der Waals surface area contributed by atoms with Crippen molar-refractivity contribution >= 4 is 6.09 Å². The van der Waals surface area contributed by atoms with Gasteiger partial charge in [-0.2, -0.15) is 0 Å². The number of nitrogens with zero attached hydrogens (tertiary/aromatic N) is 1. The van der Waals surface area contributed by atoms with E-state index in [4.69, 9.17) is 4.74 Å². The van der Waals surface area contributed by atoms with Gasteiger partial charge in [0.1, 0.15) is 17.2 Å². The molecule has 5 heteroatoms. The van der Waals surface area contributed by atoms with E-state index in [1.54, 1.807) is 4.90 Å². The molecule has 0 bridgehead atoms. The lowest BCUT2D eigenvalue weighted by Gasteiger charge is -2.42. The van der Waals surface area contributed by atoms with Gasteiger partial charge in [0.2, 0.25) is 0 Å². The summed E-state index contributed by atoms with van der Waals surface area (Å²) in [6.45, 7) is 8.48. The van der Waals surface area contributed by atoms with Gasteiger partial charge in [0.15, 0.2) is 0 Å². The summed E-state index contributed by atoms with van der Waals surface area (Å²) in [7, 11) is 0. The zero-order chi connectivity index (χ0) is 15.8. The number of halogens is 2. The first kappa shape index (κ1) is 15.7. The summed E-state index contributed by atoms with van der Waals surface area (Å²) in [5, 5.41) is 0. The van der Waals surface area contributed by atoms with E-state index in [0.717, 1.165) is 6.07 Å². The number of hydrogen-bond donors (Lipinski definition) is 0. The predicted octanol–water partition coefficient (Wildman–Crippen LogP) is 3.94. The number of carbonyl (C=O) groups excluding carboxylic acids is 1. The lowest BCUT2D eigenvalue weighted by molar-refractivity contribution is -0.00421. The van der Waals surface area contributed by atoms with Crippen LogP contribution in [-0.2, 0) is 4.74 Å². The highest BCUT2D eigenvalue weighted by molar-refractivity contribution is 5.69. The van der Waals surface area contributed by atoms with Crippen LogP contribution in [0.15, 0.2) is 18.2 Å². The van der Waals surface area contributed by atoms with Crippen molar-refractivity contribution in [3.8, 4) is 0 Å². The Morgan fingerprint density at radius 2 is 1.76 bits per heavy atom. The Hall–Kier alpha value is -1.65. The zero-order valence-corrected chi connectivity index (χ0v) is 12.8. The van der Waals surface area contributed by atoms with Crippen molar-refractivity contribution < 1.29 is 18.3 Å². The number of hydrogen-bond acceptors (Lipinski definition) is 2. The van der Waals surface area contributed by atoms with Crippen LogP contribution < -0.4 is 0 Å². The molecule has 0 N–H and O–H groups in total. The van der Waals surface area contributed by atoms with Crippen LogP contribution in [0.1, 0.15) is 39.2 Å². The van der Waals surface area contributed by atoms with Gasteiger partial charge in [0.05, 0.1) is 0 Å².